The molecule has 1 aromatic rings. The molecule has 90 valence electrons. The number of nitrogens with zero attached hydrogens (tertiary/aromatic N) is 2. The minimum absolute atomic E-state index is 0.131. The first-order chi connectivity index (χ1) is 8.11. The monoisotopic (exact) mass is 238 g/mol. The molecule has 6 heteroatoms. The highest BCUT2D eigenvalue weighted by atomic mass is 19.1. The van der Waals surface area contributed by atoms with Gasteiger partial charge in [0.2, 0.25) is 0 Å². The van der Waals surface area contributed by atoms with Gasteiger partial charge in [-0.25, -0.2) is 9.18 Å². The lowest BCUT2D eigenvalue weighted by molar-refractivity contribution is -0.141. The number of carboxylic acids is 1. The standard InChI is InChI=1S/C11H11FN2O3/c12-8-6-13-4-3-7(8)10(15)14-5-1-2-9(14)11(16)17/h3-4,6,9H,1-2,5H2,(H,16,17). The summed E-state index contributed by atoms with van der Waals surface area (Å²) in [5, 5.41) is 8.95. The summed E-state index contributed by atoms with van der Waals surface area (Å²) in [6.07, 6.45) is 3.28. The number of rotatable bonds is 2. The SMILES string of the molecule is O=C(O)C1CCCN1C(=O)c1ccncc1F. The van der Waals surface area contributed by atoms with Gasteiger partial charge in [0.05, 0.1) is 11.8 Å². The Hall–Kier alpha value is -1.98. The molecular formula is C11H11FN2O3. The molecule has 1 unspecified atom stereocenters. The van der Waals surface area contributed by atoms with Crippen LogP contribution in [0.25, 0.3) is 0 Å². The molecule has 0 aliphatic carbocycles. The first-order valence-corrected chi connectivity index (χ1v) is 5.24. The number of halogens is 1. The molecule has 0 aromatic carbocycles. The molecular weight excluding hydrogens is 227 g/mol. The Morgan fingerprint density at radius 2 is 2.29 bits per heavy atom. The van der Waals surface area contributed by atoms with E-state index in [1.165, 1.54) is 17.2 Å². The Morgan fingerprint density at radius 3 is 2.94 bits per heavy atom. The highest BCUT2D eigenvalue weighted by molar-refractivity contribution is 5.97. The summed E-state index contributed by atoms with van der Waals surface area (Å²) >= 11 is 0. The number of carbonyl (C=O) groups excluding carboxylic acids is 1. The fraction of sp³-hybridized carbons (Fsp3) is 0.364. The lowest BCUT2D eigenvalue weighted by Crippen LogP contribution is -2.40. The van der Waals surface area contributed by atoms with Crippen LogP contribution < -0.4 is 0 Å². The number of aromatic nitrogens is 1. The predicted octanol–water partition coefficient (Wildman–Crippen LogP) is 0.910. The van der Waals surface area contributed by atoms with Gasteiger partial charge in [-0.2, -0.15) is 0 Å². The maximum atomic E-state index is 13.4. The second kappa shape index (κ2) is 4.48. The summed E-state index contributed by atoms with van der Waals surface area (Å²) in [5.74, 6) is -2.37. The third kappa shape index (κ3) is 2.11. The van der Waals surface area contributed by atoms with Gasteiger partial charge in [-0.1, -0.05) is 0 Å². The molecule has 0 saturated carbocycles. The first-order valence-electron chi connectivity index (χ1n) is 5.24. The van der Waals surface area contributed by atoms with Crippen LogP contribution in [0.4, 0.5) is 4.39 Å². The van der Waals surface area contributed by atoms with Crippen molar-refractivity contribution in [2.75, 3.05) is 6.54 Å². The van der Waals surface area contributed by atoms with E-state index in [9.17, 15) is 14.0 Å². The van der Waals surface area contributed by atoms with Crippen LogP contribution in [0.2, 0.25) is 0 Å². The fourth-order valence-electron chi connectivity index (χ4n) is 1.97. The summed E-state index contributed by atoms with van der Waals surface area (Å²) in [5.41, 5.74) is -0.131. The molecule has 1 amide bonds. The van der Waals surface area contributed by atoms with Crippen molar-refractivity contribution in [3.05, 3.63) is 29.8 Å². The van der Waals surface area contributed by atoms with Gasteiger partial charge in [-0.3, -0.25) is 9.78 Å². The van der Waals surface area contributed by atoms with Crippen LogP contribution in [0.15, 0.2) is 18.5 Å². The number of aliphatic carboxylic acids is 1. The van der Waals surface area contributed by atoms with Crippen molar-refractivity contribution < 1.29 is 19.1 Å². The smallest absolute Gasteiger partial charge is 0.326 e. The molecule has 1 aromatic heterocycles. The van der Waals surface area contributed by atoms with Crippen LogP contribution in [0.1, 0.15) is 23.2 Å². The molecule has 5 nitrogen and oxygen atoms in total. The van der Waals surface area contributed by atoms with E-state index < -0.39 is 23.7 Å². The second-order valence-electron chi connectivity index (χ2n) is 3.85. The zero-order chi connectivity index (χ0) is 12.4. The molecule has 1 fully saturated rings. The zero-order valence-electron chi connectivity index (χ0n) is 8.97. The molecule has 1 N–H and O–H groups in total. The normalized spacial score (nSPS) is 19.4. The molecule has 0 bridgehead atoms. The zero-order valence-corrected chi connectivity index (χ0v) is 8.97. The number of likely N-dealkylation sites (tertiary alicyclic amines) is 1. The van der Waals surface area contributed by atoms with E-state index in [0.29, 0.717) is 19.4 Å². The van der Waals surface area contributed by atoms with E-state index in [-0.39, 0.29) is 5.56 Å². The molecule has 1 aliphatic rings. The largest absolute Gasteiger partial charge is 0.480 e. The Labute approximate surface area is 96.9 Å². The van der Waals surface area contributed by atoms with Crippen molar-refractivity contribution in [3.63, 3.8) is 0 Å². The lowest BCUT2D eigenvalue weighted by Gasteiger charge is -2.21. The fourth-order valence-corrected chi connectivity index (χ4v) is 1.97. The Morgan fingerprint density at radius 1 is 1.53 bits per heavy atom. The van der Waals surface area contributed by atoms with Crippen LogP contribution in [0.5, 0.6) is 0 Å². The third-order valence-corrected chi connectivity index (χ3v) is 2.80. The average molecular weight is 238 g/mol. The number of hydrogen-bond donors (Lipinski definition) is 1. The number of hydrogen-bond acceptors (Lipinski definition) is 3. The second-order valence-corrected chi connectivity index (χ2v) is 3.85. The summed E-state index contributed by atoms with van der Waals surface area (Å²) in [4.78, 5) is 27.7. The molecule has 0 radical (unpaired) electrons. The van der Waals surface area contributed by atoms with Gasteiger partial charge in [0.1, 0.15) is 6.04 Å². The van der Waals surface area contributed by atoms with E-state index in [1.807, 2.05) is 0 Å². The minimum atomic E-state index is -1.05. The minimum Gasteiger partial charge on any atom is -0.480 e. The molecule has 1 aliphatic heterocycles. The van der Waals surface area contributed by atoms with Crippen LogP contribution in [-0.2, 0) is 4.79 Å². The van der Waals surface area contributed by atoms with E-state index in [1.54, 1.807) is 0 Å². The van der Waals surface area contributed by atoms with Crippen molar-refractivity contribution in [2.24, 2.45) is 0 Å². The maximum absolute atomic E-state index is 13.4. The number of pyridine rings is 1. The Balaban J connectivity index is 2.26. The van der Waals surface area contributed by atoms with Gasteiger partial charge in [-0.05, 0) is 18.9 Å². The quantitative estimate of drug-likeness (QED) is 0.831. The molecule has 2 rings (SSSR count). The highest BCUT2D eigenvalue weighted by Gasteiger charge is 2.35. The van der Waals surface area contributed by atoms with Crippen LogP contribution in [0.3, 0.4) is 0 Å². The van der Waals surface area contributed by atoms with Crippen molar-refractivity contribution in [3.8, 4) is 0 Å². The third-order valence-electron chi connectivity index (χ3n) is 2.80. The molecule has 17 heavy (non-hydrogen) atoms. The van der Waals surface area contributed by atoms with Gasteiger partial charge >= 0.3 is 5.97 Å². The van der Waals surface area contributed by atoms with E-state index >= 15 is 0 Å². The summed E-state index contributed by atoms with van der Waals surface area (Å²) in [6, 6.07) is 0.407. The van der Waals surface area contributed by atoms with Crippen molar-refractivity contribution in [1.29, 1.82) is 0 Å². The number of carbonyl (C=O) groups is 2. The number of carboxylic acid groups (broad SMARTS) is 1. The molecule has 1 saturated heterocycles. The van der Waals surface area contributed by atoms with Gasteiger partial charge in [0.25, 0.3) is 5.91 Å². The van der Waals surface area contributed by atoms with Gasteiger partial charge in [0, 0.05) is 12.7 Å². The van der Waals surface area contributed by atoms with Crippen molar-refractivity contribution in [1.82, 2.24) is 9.88 Å². The molecule has 1 atom stereocenters. The Kier molecular flexibility index (Phi) is 3.03. The van der Waals surface area contributed by atoms with Gasteiger partial charge < -0.3 is 10.0 Å². The predicted molar refractivity (Wildman–Crippen MR) is 55.9 cm³/mol. The van der Waals surface area contributed by atoms with E-state index in [0.717, 1.165) is 6.20 Å². The van der Waals surface area contributed by atoms with Gasteiger partial charge in [0.15, 0.2) is 5.82 Å². The van der Waals surface area contributed by atoms with Crippen LogP contribution in [0, 0.1) is 5.82 Å². The molecule has 0 spiro atoms. The van der Waals surface area contributed by atoms with Crippen LogP contribution >= 0.6 is 0 Å². The maximum Gasteiger partial charge on any atom is 0.326 e. The van der Waals surface area contributed by atoms with Gasteiger partial charge in [-0.15, -0.1) is 0 Å². The molecule has 2 heterocycles. The van der Waals surface area contributed by atoms with Crippen LogP contribution in [-0.4, -0.2) is 39.5 Å². The summed E-state index contributed by atoms with van der Waals surface area (Å²) in [6.45, 7) is 0.345. The average Bonchev–Trinajstić information content (AvgIpc) is 2.77. The van der Waals surface area contributed by atoms with E-state index in [2.05, 4.69) is 4.98 Å². The lowest BCUT2D eigenvalue weighted by atomic mass is 10.2. The Bertz CT molecular complexity index is 464. The summed E-state index contributed by atoms with van der Waals surface area (Å²) in [7, 11) is 0. The first kappa shape index (κ1) is 11.5. The van der Waals surface area contributed by atoms with E-state index in [4.69, 9.17) is 5.11 Å². The highest BCUT2D eigenvalue weighted by Crippen LogP contribution is 2.21. The topological polar surface area (TPSA) is 70.5 Å². The summed E-state index contributed by atoms with van der Waals surface area (Å²) < 4.78 is 13.4. The van der Waals surface area contributed by atoms with Crippen molar-refractivity contribution in [2.45, 2.75) is 18.9 Å². The number of amides is 1. The van der Waals surface area contributed by atoms with Crippen molar-refractivity contribution >= 4 is 11.9 Å².